The van der Waals surface area contributed by atoms with E-state index in [0.717, 1.165) is 50.2 Å². The quantitative estimate of drug-likeness (QED) is 0.268. The van der Waals surface area contributed by atoms with Crippen molar-refractivity contribution >= 4 is 45.5 Å². The first kappa shape index (κ1) is 22.7. The van der Waals surface area contributed by atoms with Crippen LogP contribution in [-0.4, -0.2) is 35.3 Å². The highest BCUT2D eigenvalue weighted by Gasteiger charge is 2.13. The molecule has 9 heteroatoms. The summed E-state index contributed by atoms with van der Waals surface area (Å²) in [4.78, 5) is 0. The van der Waals surface area contributed by atoms with E-state index in [1.165, 1.54) is 0 Å². The summed E-state index contributed by atoms with van der Waals surface area (Å²) < 4.78 is 13.4. The second-order valence-electron chi connectivity index (χ2n) is 6.36. The third-order valence-corrected chi connectivity index (χ3v) is 6.04. The Balaban J connectivity index is 1.86. The topological polar surface area (TPSA) is 61.5 Å². The van der Waals surface area contributed by atoms with Crippen molar-refractivity contribution in [3.05, 3.63) is 62.8 Å². The molecule has 2 aromatic carbocycles. The molecule has 158 valence electrons. The number of aryl methyl sites for hydroxylation is 1. The number of methoxy groups -OCH3 is 2. The van der Waals surface area contributed by atoms with E-state index in [1.807, 2.05) is 36.4 Å². The lowest BCUT2D eigenvalue weighted by Gasteiger charge is -2.10. The number of hydrogen-bond acceptors (Lipinski definition) is 6. The summed E-state index contributed by atoms with van der Waals surface area (Å²) in [6.07, 6.45) is 3.51. The molecule has 0 saturated carbocycles. The van der Waals surface area contributed by atoms with Gasteiger partial charge in [-0.1, -0.05) is 42.4 Å². The predicted molar refractivity (Wildman–Crippen MR) is 125 cm³/mol. The highest BCUT2D eigenvalue weighted by atomic mass is 79.9. The van der Waals surface area contributed by atoms with E-state index in [2.05, 4.69) is 38.2 Å². The highest BCUT2D eigenvalue weighted by molar-refractivity contribution is 9.10. The highest BCUT2D eigenvalue weighted by Crippen LogP contribution is 2.36. The smallest absolute Gasteiger partial charge is 0.212 e. The predicted octanol–water partition coefficient (Wildman–Crippen LogP) is 5.84. The Morgan fingerprint density at radius 1 is 1.17 bits per heavy atom. The van der Waals surface area contributed by atoms with Crippen LogP contribution in [-0.2, 0) is 12.2 Å². The lowest BCUT2D eigenvalue weighted by Crippen LogP contribution is -2.01. The molecule has 3 aromatic rings. The molecule has 0 aliphatic heterocycles. The molecule has 0 atom stereocenters. The van der Waals surface area contributed by atoms with Crippen LogP contribution in [0.1, 0.15) is 30.3 Å². The summed E-state index contributed by atoms with van der Waals surface area (Å²) in [5.74, 6) is 2.85. The Labute approximate surface area is 193 Å². The number of rotatable bonds is 9. The Hall–Kier alpha value is -2.03. The van der Waals surface area contributed by atoms with Gasteiger partial charge < -0.3 is 9.47 Å². The maximum absolute atomic E-state index is 5.97. The van der Waals surface area contributed by atoms with Crippen molar-refractivity contribution in [2.24, 2.45) is 5.10 Å². The molecule has 1 aromatic heterocycles. The summed E-state index contributed by atoms with van der Waals surface area (Å²) in [5.41, 5.74) is 2.02. The van der Waals surface area contributed by atoms with Crippen molar-refractivity contribution < 1.29 is 9.47 Å². The van der Waals surface area contributed by atoms with Crippen LogP contribution >= 0.6 is 39.3 Å². The molecule has 0 unspecified atom stereocenters. The number of benzene rings is 2. The lowest BCUT2D eigenvalue weighted by atomic mass is 10.2. The molecule has 0 saturated heterocycles. The Morgan fingerprint density at radius 3 is 2.60 bits per heavy atom. The summed E-state index contributed by atoms with van der Waals surface area (Å²) in [6.45, 7) is 2.11. The number of ether oxygens (including phenoxy) is 2. The Morgan fingerprint density at radius 2 is 1.93 bits per heavy atom. The second-order valence-corrected chi connectivity index (χ2v) is 8.59. The molecule has 0 spiro atoms. The van der Waals surface area contributed by atoms with Crippen molar-refractivity contribution in [3.8, 4) is 11.5 Å². The van der Waals surface area contributed by atoms with E-state index in [0.29, 0.717) is 11.5 Å². The first-order chi connectivity index (χ1) is 14.5. The van der Waals surface area contributed by atoms with Gasteiger partial charge in [-0.15, -0.1) is 10.2 Å². The van der Waals surface area contributed by atoms with Crippen LogP contribution in [0.3, 0.4) is 0 Å². The van der Waals surface area contributed by atoms with Crippen LogP contribution in [0.5, 0.6) is 11.5 Å². The van der Waals surface area contributed by atoms with E-state index in [4.69, 9.17) is 21.1 Å². The fourth-order valence-corrected chi connectivity index (χ4v) is 4.36. The van der Waals surface area contributed by atoms with E-state index in [1.54, 1.807) is 36.9 Å². The fourth-order valence-electron chi connectivity index (χ4n) is 2.75. The average Bonchev–Trinajstić information content (AvgIpc) is 3.13. The van der Waals surface area contributed by atoms with Crippen molar-refractivity contribution in [1.29, 1.82) is 0 Å². The molecule has 3 rings (SSSR count). The summed E-state index contributed by atoms with van der Waals surface area (Å²) in [5, 5.41) is 14.8. The zero-order valence-electron chi connectivity index (χ0n) is 16.9. The van der Waals surface area contributed by atoms with Crippen LogP contribution in [0.15, 0.2) is 51.1 Å². The maximum Gasteiger partial charge on any atom is 0.212 e. The third-order valence-electron chi connectivity index (χ3n) is 4.21. The van der Waals surface area contributed by atoms with Gasteiger partial charge in [0.05, 0.1) is 24.9 Å². The Bertz CT molecular complexity index is 1020. The van der Waals surface area contributed by atoms with Crippen molar-refractivity contribution in [3.63, 3.8) is 0 Å². The molecular formula is C21H22BrClN4O2S. The minimum Gasteiger partial charge on any atom is -0.493 e. The van der Waals surface area contributed by atoms with Crippen molar-refractivity contribution in [2.75, 3.05) is 14.2 Å². The van der Waals surface area contributed by atoms with E-state index in [9.17, 15) is 0 Å². The molecule has 1 heterocycles. The summed E-state index contributed by atoms with van der Waals surface area (Å²) in [7, 11) is 3.21. The van der Waals surface area contributed by atoms with Crippen LogP contribution in [0.25, 0.3) is 0 Å². The third kappa shape index (κ3) is 5.56. The van der Waals surface area contributed by atoms with Gasteiger partial charge in [0.15, 0.2) is 17.3 Å². The van der Waals surface area contributed by atoms with Crippen LogP contribution in [0.4, 0.5) is 0 Å². The maximum atomic E-state index is 5.97. The van der Waals surface area contributed by atoms with Gasteiger partial charge in [-0.3, -0.25) is 0 Å². The molecule has 30 heavy (non-hydrogen) atoms. The molecule has 0 fully saturated rings. The first-order valence-corrected chi connectivity index (χ1v) is 11.5. The van der Waals surface area contributed by atoms with Gasteiger partial charge in [-0.2, -0.15) is 9.78 Å². The molecule has 0 bridgehead atoms. The van der Waals surface area contributed by atoms with Crippen molar-refractivity contribution in [2.45, 2.75) is 30.7 Å². The molecule has 0 amide bonds. The van der Waals surface area contributed by atoms with E-state index in [-0.39, 0.29) is 0 Å². The average molecular weight is 510 g/mol. The van der Waals surface area contributed by atoms with Crippen LogP contribution in [0, 0.1) is 0 Å². The largest absolute Gasteiger partial charge is 0.493 e. The van der Waals surface area contributed by atoms with E-state index >= 15 is 0 Å². The molecule has 0 aliphatic rings. The molecule has 6 nitrogen and oxygen atoms in total. The number of thioether (sulfide) groups is 1. The van der Waals surface area contributed by atoms with Gasteiger partial charge in [0, 0.05) is 17.2 Å². The lowest BCUT2D eigenvalue weighted by molar-refractivity contribution is 0.353. The molecule has 0 aliphatic carbocycles. The SMILES string of the molecule is CCCc1nnc(SCc2ccc(Cl)cc2)n1/N=C\c1cc(Br)c(OC)c(OC)c1. The molecular weight excluding hydrogens is 488 g/mol. The standard InChI is InChI=1S/C21H22BrClN4O2S/c1-4-5-19-25-26-21(30-13-14-6-8-16(23)9-7-14)27(19)24-12-15-10-17(22)20(29-3)18(11-15)28-2/h6-12H,4-5,13H2,1-3H3/b24-12-. The van der Waals surface area contributed by atoms with Crippen LogP contribution < -0.4 is 9.47 Å². The van der Waals surface area contributed by atoms with Gasteiger partial charge in [0.25, 0.3) is 0 Å². The number of aromatic nitrogens is 3. The molecule has 0 N–H and O–H groups in total. The summed E-state index contributed by atoms with van der Waals surface area (Å²) in [6, 6.07) is 11.6. The van der Waals surface area contributed by atoms with E-state index < -0.39 is 0 Å². The fraction of sp³-hybridized carbons (Fsp3) is 0.286. The zero-order chi connectivity index (χ0) is 21.5. The number of hydrogen-bond donors (Lipinski definition) is 0. The molecule has 0 radical (unpaired) electrons. The van der Waals surface area contributed by atoms with Crippen molar-refractivity contribution in [1.82, 2.24) is 14.9 Å². The van der Waals surface area contributed by atoms with Gasteiger partial charge in [-0.05, 0) is 57.7 Å². The van der Waals surface area contributed by atoms with Crippen LogP contribution in [0.2, 0.25) is 5.02 Å². The normalized spacial score (nSPS) is 11.2. The Kier molecular flexibility index (Phi) is 8.18. The minimum absolute atomic E-state index is 0.628. The number of halogens is 2. The van der Waals surface area contributed by atoms with Gasteiger partial charge in [0.1, 0.15) is 0 Å². The second kappa shape index (κ2) is 10.8. The van der Waals surface area contributed by atoms with Gasteiger partial charge in [-0.25, -0.2) is 0 Å². The number of nitrogens with zero attached hydrogens (tertiary/aromatic N) is 4. The zero-order valence-corrected chi connectivity index (χ0v) is 20.1. The minimum atomic E-state index is 0.628. The first-order valence-electron chi connectivity index (χ1n) is 9.33. The van der Waals surface area contributed by atoms with Gasteiger partial charge in [0.2, 0.25) is 5.16 Å². The monoisotopic (exact) mass is 508 g/mol. The van der Waals surface area contributed by atoms with Gasteiger partial charge >= 0.3 is 0 Å². The summed E-state index contributed by atoms with van der Waals surface area (Å²) >= 11 is 11.1.